The van der Waals surface area contributed by atoms with E-state index in [1.54, 1.807) is 0 Å². The van der Waals surface area contributed by atoms with Crippen LogP contribution in [0.5, 0.6) is 0 Å². The van der Waals surface area contributed by atoms with Gasteiger partial charge in [-0.1, -0.05) is 13.3 Å². The van der Waals surface area contributed by atoms with Gasteiger partial charge in [-0.15, -0.1) is 0 Å². The molecule has 2 atom stereocenters. The lowest BCUT2D eigenvalue weighted by molar-refractivity contribution is -0.138. The van der Waals surface area contributed by atoms with E-state index in [9.17, 15) is 4.79 Å². The summed E-state index contributed by atoms with van der Waals surface area (Å²) in [7, 11) is 1.87. The molecule has 82 valence electrons. The van der Waals surface area contributed by atoms with Crippen molar-refractivity contribution in [2.24, 2.45) is 0 Å². The van der Waals surface area contributed by atoms with Gasteiger partial charge in [-0.05, 0) is 33.2 Å². The van der Waals surface area contributed by atoms with Crippen LogP contribution in [0.3, 0.4) is 0 Å². The fraction of sp³-hybridized carbons (Fsp3) is 0.909. The van der Waals surface area contributed by atoms with Gasteiger partial charge in [-0.3, -0.25) is 4.79 Å². The molecule has 3 heteroatoms. The van der Waals surface area contributed by atoms with Crippen LogP contribution in [0, 0.1) is 0 Å². The van der Waals surface area contributed by atoms with Gasteiger partial charge < -0.3 is 10.2 Å². The molecule has 0 aliphatic carbocycles. The molecule has 0 aromatic rings. The molecule has 1 rings (SSSR count). The largest absolute Gasteiger partial charge is 0.339 e. The summed E-state index contributed by atoms with van der Waals surface area (Å²) in [6, 6.07) is 0.465. The molecule has 0 bridgehead atoms. The Labute approximate surface area is 86.9 Å². The zero-order valence-corrected chi connectivity index (χ0v) is 9.55. The van der Waals surface area contributed by atoms with Gasteiger partial charge in [0.2, 0.25) is 5.91 Å². The van der Waals surface area contributed by atoms with E-state index in [1.807, 2.05) is 11.9 Å². The zero-order valence-electron chi connectivity index (χ0n) is 9.55. The molecule has 1 aliphatic rings. The molecule has 1 N–H and O–H groups in total. The number of nitrogens with one attached hydrogen (secondary N) is 1. The van der Waals surface area contributed by atoms with Crippen LogP contribution in [0.2, 0.25) is 0 Å². The highest BCUT2D eigenvalue weighted by atomic mass is 16.2. The number of nitrogens with zero attached hydrogens (tertiary/aromatic N) is 1. The third-order valence-electron chi connectivity index (χ3n) is 3.06. The highest BCUT2D eigenvalue weighted by Gasteiger charge is 2.29. The summed E-state index contributed by atoms with van der Waals surface area (Å²) in [5.74, 6) is 0.291. The third-order valence-corrected chi connectivity index (χ3v) is 3.06. The molecule has 14 heavy (non-hydrogen) atoms. The summed E-state index contributed by atoms with van der Waals surface area (Å²) < 4.78 is 0. The van der Waals surface area contributed by atoms with Gasteiger partial charge >= 0.3 is 0 Å². The number of rotatable bonds is 4. The van der Waals surface area contributed by atoms with Crippen molar-refractivity contribution in [3.8, 4) is 0 Å². The number of likely N-dealkylation sites (tertiary alicyclic amines) is 1. The number of hydrogen-bond donors (Lipinski definition) is 1. The zero-order chi connectivity index (χ0) is 10.6. The van der Waals surface area contributed by atoms with Gasteiger partial charge in [-0.2, -0.15) is 0 Å². The number of amides is 1. The second kappa shape index (κ2) is 5.35. The van der Waals surface area contributed by atoms with Crippen molar-refractivity contribution in [2.75, 3.05) is 13.6 Å². The second-order valence-corrected chi connectivity index (χ2v) is 4.15. The van der Waals surface area contributed by atoms with Crippen LogP contribution in [-0.4, -0.2) is 36.5 Å². The Morgan fingerprint density at radius 3 is 2.93 bits per heavy atom. The van der Waals surface area contributed by atoms with Crippen LogP contribution in [0.4, 0.5) is 0 Å². The highest BCUT2D eigenvalue weighted by Crippen LogP contribution is 2.16. The molecule has 0 saturated carbocycles. The molecule has 2 unspecified atom stereocenters. The van der Waals surface area contributed by atoms with Crippen molar-refractivity contribution >= 4 is 5.91 Å². The van der Waals surface area contributed by atoms with E-state index in [0.717, 1.165) is 32.2 Å². The number of hydrogen-bond acceptors (Lipinski definition) is 2. The van der Waals surface area contributed by atoms with E-state index in [-0.39, 0.29) is 6.04 Å². The van der Waals surface area contributed by atoms with E-state index in [2.05, 4.69) is 19.2 Å². The van der Waals surface area contributed by atoms with Crippen LogP contribution in [0.25, 0.3) is 0 Å². The molecular weight excluding hydrogens is 176 g/mol. The average Bonchev–Trinajstić information content (AvgIpc) is 2.18. The Kier molecular flexibility index (Phi) is 4.39. The van der Waals surface area contributed by atoms with Crippen molar-refractivity contribution in [1.82, 2.24) is 10.2 Å². The second-order valence-electron chi connectivity index (χ2n) is 4.15. The molecule has 1 aliphatic heterocycles. The van der Waals surface area contributed by atoms with E-state index in [0.29, 0.717) is 11.9 Å². The van der Waals surface area contributed by atoms with Gasteiger partial charge in [0.15, 0.2) is 0 Å². The van der Waals surface area contributed by atoms with E-state index in [4.69, 9.17) is 0 Å². The van der Waals surface area contributed by atoms with E-state index < -0.39 is 0 Å². The number of carbonyl (C=O) groups excluding carboxylic acids is 1. The summed E-state index contributed by atoms with van der Waals surface area (Å²) in [6.07, 6.45) is 4.38. The molecule has 0 aromatic carbocycles. The van der Waals surface area contributed by atoms with Crippen molar-refractivity contribution in [3.63, 3.8) is 0 Å². The first-order chi connectivity index (χ1) is 6.70. The minimum atomic E-state index is 0.0584. The minimum absolute atomic E-state index is 0.0584. The van der Waals surface area contributed by atoms with Crippen LogP contribution in [0.15, 0.2) is 0 Å². The summed E-state index contributed by atoms with van der Waals surface area (Å²) in [5.41, 5.74) is 0. The summed E-state index contributed by atoms with van der Waals surface area (Å²) in [5, 5.41) is 3.09. The fourth-order valence-corrected chi connectivity index (χ4v) is 2.18. The van der Waals surface area contributed by atoms with Crippen LogP contribution < -0.4 is 5.32 Å². The molecule has 1 saturated heterocycles. The van der Waals surface area contributed by atoms with Crippen molar-refractivity contribution < 1.29 is 4.79 Å². The van der Waals surface area contributed by atoms with Crippen molar-refractivity contribution in [2.45, 2.75) is 51.6 Å². The molecule has 1 amide bonds. The summed E-state index contributed by atoms with van der Waals surface area (Å²) in [6.45, 7) is 5.26. The Bertz CT molecular complexity index is 194. The lowest BCUT2D eigenvalue weighted by atomic mass is 10.0. The molecule has 3 nitrogen and oxygen atoms in total. The van der Waals surface area contributed by atoms with Gasteiger partial charge in [0.05, 0.1) is 6.04 Å². The van der Waals surface area contributed by atoms with E-state index >= 15 is 0 Å². The fourth-order valence-electron chi connectivity index (χ4n) is 2.18. The maximum atomic E-state index is 11.9. The monoisotopic (exact) mass is 198 g/mol. The first-order valence-corrected chi connectivity index (χ1v) is 5.68. The quantitative estimate of drug-likeness (QED) is 0.740. The Balaban J connectivity index is 2.55. The normalized spacial score (nSPS) is 25.2. The molecule has 1 fully saturated rings. The first kappa shape index (κ1) is 11.5. The molecule has 0 spiro atoms. The SMILES string of the molecule is CCCC(C)N1CCCC(NC)C1=O. The molecule has 0 aromatic heterocycles. The minimum Gasteiger partial charge on any atom is -0.339 e. The third kappa shape index (κ3) is 2.47. The highest BCUT2D eigenvalue weighted by molar-refractivity contribution is 5.82. The predicted octanol–water partition coefficient (Wildman–Crippen LogP) is 1.39. The Hall–Kier alpha value is -0.570. The van der Waals surface area contributed by atoms with Gasteiger partial charge in [0.25, 0.3) is 0 Å². The van der Waals surface area contributed by atoms with Crippen LogP contribution in [-0.2, 0) is 4.79 Å². The van der Waals surface area contributed by atoms with Gasteiger partial charge in [0, 0.05) is 12.6 Å². The number of likely N-dealkylation sites (N-methyl/N-ethyl adjacent to an activating group) is 1. The Morgan fingerprint density at radius 1 is 1.64 bits per heavy atom. The lowest BCUT2D eigenvalue weighted by Crippen LogP contribution is -2.52. The topological polar surface area (TPSA) is 32.3 Å². The van der Waals surface area contributed by atoms with E-state index in [1.165, 1.54) is 0 Å². The molecule has 1 heterocycles. The maximum absolute atomic E-state index is 11.9. The summed E-state index contributed by atoms with van der Waals surface area (Å²) >= 11 is 0. The average molecular weight is 198 g/mol. The predicted molar refractivity (Wildman–Crippen MR) is 58.2 cm³/mol. The molecular formula is C11H22N2O. The Morgan fingerprint density at radius 2 is 2.36 bits per heavy atom. The van der Waals surface area contributed by atoms with Gasteiger partial charge in [0.1, 0.15) is 0 Å². The molecule has 0 radical (unpaired) electrons. The smallest absolute Gasteiger partial charge is 0.239 e. The van der Waals surface area contributed by atoms with Crippen molar-refractivity contribution in [3.05, 3.63) is 0 Å². The summed E-state index contributed by atoms with van der Waals surface area (Å²) in [4.78, 5) is 14.0. The first-order valence-electron chi connectivity index (χ1n) is 5.68. The van der Waals surface area contributed by atoms with Crippen LogP contribution >= 0.6 is 0 Å². The lowest BCUT2D eigenvalue weighted by Gasteiger charge is -2.36. The number of carbonyl (C=O) groups is 1. The van der Waals surface area contributed by atoms with Crippen LogP contribution in [0.1, 0.15) is 39.5 Å². The van der Waals surface area contributed by atoms with Crippen molar-refractivity contribution in [1.29, 1.82) is 0 Å². The standard InChI is InChI=1S/C11H22N2O/c1-4-6-9(2)13-8-5-7-10(12-3)11(13)14/h9-10,12H,4-8H2,1-3H3. The number of piperidine rings is 1. The van der Waals surface area contributed by atoms with Gasteiger partial charge in [-0.25, -0.2) is 0 Å². The maximum Gasteiger partial charge on any atom is 0.239 e.